The van der Waals surface area contributed by atoms with Crippen LogP contribution in [0.1, 0.15) is 15.4 Å². The summed E-state index contributed by atoms with van der Waals surface area (Å²) in [7, 11) is 3.05. The number of hydrogen-bond acceptors (Lipinski definition) is 5. The molecule has 2 aromatic heterocycles. The molecule has 0 aliphatic rings. The molecule has 0 bridgehead atoms. The van der Waals surface area contributed by atoms with Crippen LogP contribution in [0, 0.1) is 6.92 Å². The van der Waals surface area contributed by atoms with Crippen molar-refractivity contribution in [2.24, 2.45) is 0 Å². The topological polar surface area (TPSA) is 65.4 Å². The number of amides is 1. The first kappa shape index (κ1) is 19.3. The lowest BCUT2D eigenvalue weighted by Crippen LogP contribution is -2.11. The fourth-order valence-corrected chi connectivity index (χ4v) is 4.36. The number of aromatic nitrogens is 2. The Morgan fingerprint density at radius 2 is 1.83 bits per heavy atom. The second kappa shape index (κ2) is 7.77. The quantitative estimate of drug-likeness (QED) is 0.468. The second-order valence-electron chi connectivity index (χ2n) is 6.30. The molecule has 2 heterocycles. The van der Waals surface area contributed by atoms with Crippen LogP contribution >= 0.6 is 22.9 Å². The Kier molecular flexibility index (Phi) is 5.17. The van der Waals surface area contributed by atoms with Gasteiger partial charge in [0.2, 0.25) is 0 Å². The van der Waals surface area contributed by atoms with Crippen LogP contribution in [0.2, 0.25) is 5.02 Å². The third-order valence-corrected chi connectivity index (χ3v) is 5.90. The molecule has 0 aliphatic carbocycles. The number of fused-ring (bicyclic) bond motifs is 1. The number of para-hydroxylation sites is 1. The molecule has 0 saturated heterocycles. The van der Waals surface area contributed by atoms with E-state index < -0.39 is 0 Å². The molecule has 1 N–H and O–H groups in total. The molecular formula is C21H18ClN3O3S. The molecule has 0 atom stereocenters. The van der Waals surface area contributed by atoms with Crippen LogP contribution in [0.4, 0.5) is 5.69 Å². The number of anilines is 1. The maximum Gasteiger partial charge on any atom is 0.265 e. The second-order valence-corrected chi connectivity index (χ2v) is 7.74. The Hall–Kier alpha value is -3.03. The molecule has 148 valence electrons. The minimum Gasteiger partial charge on any atom is -0.495 e. The van der Waals surface area contributed by atoms with Crippen molar-refractivity contribution in [1.29, 1.82) is 0 Å². The van der Waals surface area contributed by atoms with Gasteiger partial charge >= 0.3 is 0 Å². The summed E-state index contributed by atoms with van der Waals surface area (Å²) in [4.78, 5) is 14.4. The van der Waals surface area contributed by atoms with E-state index in [1.807, 2.05) is 48.0 Å². The van der Waals surface area contributed by atoms with Crippen molar-refractivity contribution >= 4 is 44.7 Å². The van der Waals surface area contributed by atoms with E-state index in [0.717, 1.165) is 21.6 Å². The molecular weight excluding hydrogens is 410 g/mol. The fraction of sp³-hybridized carbons (Fsp3) is 0.143. The number of methoxy groups -OCH3 is 2. The summed E-state index contributed by atoms with van der Waals surface area (Å²) < 4.78 is 12.4. The van der Waals surface area contributed by atoms with E-state index in [1.165, 1.54) is 25.6 Å². The highest BCUT2D eigenvalue weighted by Crippen LogP contribution is 2.37. The fourth-order valence-electron chi connectivity index (χ4n) is 3.04. The van der Waals surface area contributed by atoms with Crippen LogP contribution in [0.25, 0.3) is 15.9 Å². The summed E-state index contributed by atoms with van der Waals surface area (Å²) in [6.45, 7) is 1.93. The van der Waals surface area contributed by atoms with Gasteiger partial charge in [-0.3, -0.25) is 4.79 Å². The molecule has 4 aromatic rings. The molecule has 0 aliphatic heterocycles. The molecule has 0 radical (unpaired) electrons. The normalized spacial score (nSPS) is 10.9. The highest BCUT2D eigenvalue weighted by atomic mass is 35.5. The van der Waals surface area contributed by atoms with Crippen LogP contribution in [-0.4, -0.2) is 29.9 Å². The number of ether oxygens (including phenoxy) is 2. The molecule has 4 rings (SSSR count). The summed E-state index contributed by atoms with van der Waals surface area (Å²) in [5.41, 5.74) is 2.29. The van der Waals surface area contributed by atoms with Gasteiger partial charge in [-0.15, -0.1) is 11.3 Å². The van der Waals surface area contributed by atoms with Crippen LogP contribution in [-0.2, 0) is 0 Å². The predicted molar refractivity (Wildman–Crippen MR) is 116 cm³/mol. The first-order valence-electron chi connectivity index (χ1n) is 8.79. The molecule has 6 nitrogen and oxygen atoms in total. The molecule has 8 heteroatoms. The molecule has 1 amide bonds. The van der Waals surface area contributed by atoms with Gasteiger partial charge in [0.15, 0.2) is 0 Å². The monoisotopic (exact) mass is 427 g/mol. The van der Waals surface area contributed by atoms with E-state index >= 15 is 0 Å². The van der Waals surface area contributed by atoms with Gasteiger partial charge in [0, 0.05) is 11.5 Å². The van der Waals surface area contributed by atoms with Gasteiger partial charge in [-0.1, -0.05) is 29.8 Å². The van der Waals surface area contributed by atoms with Gasteiger partial charge in [-0.05, 0) is 31.2 Å². The van der Waals surface area contributed by atoms with E-state index in [-0.39, 0.29) is 5.91 Å². The summed E-state index contributed by atoms with van der Waals surface area (Å²) >= 11 is 7.59. The summed E-state index contributed by atoms with van der Waals surface area (Å²) in [6.07, 6.45) is 0. The minimum absolute atomic E-state index is 0.246. The summed E-state index contributed by atoms with van der Waals surface area (Å²) in [6, 6.07) is 14.9. The van der Waals surface area contributed by atoms with Crippen LogP contribution in [0.3, 0.4) is 0 Å². The molecule has 0 spiro atoms. The van der Waals surface area contributed by atoms with E-state index in [2.05, 4.69) is 10.4 Å². The standard InChI is InChI=1S/C21H18ClN3O3S/c1-12-14-9-19(29-21(14)25(24-12)13-7-5-4-6-8-13)20(26)23-16-10-15(22)17(27-2)11-18(16)28-3/h4-11H,1-3H3,(H,23,26). The number of thiophene rings is 1. The average Bonchev–Trinajstić information content (AvgIpc) is 3.30. The number of aryl methyl sites for hydroxylation is 1. The Balaban J connectivity index is 1.69. The Bertz CT molecular complexity index is 1200. The molecule has 0 saturated carbocycles. The number of nitrogens with one attached hydrogen (secondary N) is 1. The Morgan fingerprint density at radius 3 is 2.52 bits per heavy atom. The lowest BCUT2D eigenvalue weighted by atomic mass is 10.2. The Morgan fingerprint density at radius 1 is 1.10 bits per heavy atom. The number of carbonyl (C=O) groups is 1. The number of carbonyl (C=O) groups excluding carboxylic acids is 1. The lowest BCUT2D eigenvalue weighted by molar-refractivity contribution is 0.103. The van der Waals surface area contributed by atoms with Crippen molar-refractivity contribution < 1.29 is 14.3 Å². The maximum atomic E-state index is 12.9. The average molecular weight is 428 g/mol. The Labute approximate surface area is 176 Å². The number of nitrogens with zero attached hydrogens (tertiary/aromatic N) is 2. The largest absolute Gasteiger partial charge is 0.495 e. The summed E-state index contributed by atoms with van der Waals surface area (Å²) in [5.74, 6) is 0.694. The van der Waals surface area contributed by atoms with Crippen LogP contribution < -0.4 is 14.8 Å². The summed E-state index contributed by atoms with van der Waals surface area (Å²) in [5, 5.41) is 8.82. The highest BCUT2D eigenvalue weighted by Gasteiger charge is 2.19. The van der Waals surface area contributed by atoms with Crippen LogP contribution in [0.5, 0.6) is 11.5 Å². The van der Waals surface area contributed by atoms with E-state index in [9.17, 15) is 4.79 Å². The van der Waals surface area contributed by atoms with Crippen molar-refractivity contribution in [3.63, 3.8) is 0 Å². The van der Waals surface area contributed by atoms with Crippen molar-refractivity contribution in [3.8, 4) is 17.2 Å². The number of halogens is 1. The van der Waals surface area contributed by atoms with Gasteiger partial charge in [0.25, 0.3) is 5.91 Å². The zero-order valence-electron chi connectivity index (χ0n) is 16.0. The first-order valence-corrected chi connectivity index (χ1v) is 9.98. The van der Waals surface area contributed by atoms with E-state index in [1.54, 1.807) is 12.1 Å². The predicted octanol–water partition coefficient (Wildman–Crippen LogP) is 5.32. The smallest absolute Gasteiger partial charge is 0.265 e. The van der Waals surface area contributed by atoms with Crippen LogP contribution in [0.15, 0.2) is 48.5 Å². The lowest BCUT2D eigenvalue weighted by Gasteiger charge is -2.12. The highest BCUT2D eigenvalue weighted by molar-refractivity contribution is 7.20. The van der Waals surface area contributed by atoms with Gasteiger partial charge in [-0.2, -0.15) is 5.10 Å². The number of rotatable bonds is 5. The zero-order chi connectivity index (χ0) is 20.5. The molecule has 2 aromatic carbocycles. The minimum atomic E-state index is -0.246. The van der Waals surface area contributed by atoms with Gasteiger partial charge in [0.1, 0.15) is 16.3 Å². The van der Waals surface area contributed by atoms with E-state index in [4.69, 9.17) is 21.1 Å². The third-order valence-electron chi connectivity index (χ3n) is 4.49. The molecule has 29 heavy (non-hydrogen) atoms. The zero-order valence-corrected chi connectivity index (χ0v) is 17.6. The molecule has 0 fully saturated rings. The van der Waals surface area contributed by atoms with Gasteiger partial charge in [0.05, 0.1) is 41.2 Å². The molecule has 0 unspecified atom stereocenters. The van der Waals surface area contributed by atoms with Crippen molar-refractivity contribution in [3.05, 3.63) is 64.1 Å². The van der Waals surface area contributed by atoms with Crippen molar-refractivity contribution in [2.75, 3.05) is 19.5 Å². The van der Waals surface area contributed by atoms with Gasteiger partial charge in [-0.25, -0.2) is 4.68 Å². The maximum absolute atomic E-state index is 12.9. The SMILES string of the molecule is COc1cc(OC)c(NC(=O)c2cc3c(C)nn(-c4ccccc4)c3s2)cc1Cl. The first-order chi connectivity index (χ1) is 14.0. The van der Waals surface area contributed by atoms with Crippen molar-refractivity contribution in [1.82, 2.24) is 9.78 Å². The van der Waals surface area contributed by atoms with Crippen molar-refractivity contribution in [2.45, 2.75) is 6.92 Å². The number of hydrogen-bond donors (Lipinski definition) is 1. The number of benzene rings is 2. The van der Waals surface area contributed by atoms with Gasteiger partial charge < -0.3 is 14.8 Å². The third kappa shape index (κ3) is 3.54. The van der Waals surface area contributed by atoms with E-state index in [0.29, 0.717) is 27.1 Å².